The van der Waals surface area contributed by atoms with Crippen molar-refractivity contribution in [2.24, 2.45) is 0 Å². The highest BCUT2D eigenvalue weighted by atomic mass is 32.2. The van der Waals surface area contributed by atoms with Crippen molar-refractivity contribution < 1.29 is 22.7 Å². The molecule has 0 aliphatic rings. The van der Waals surface area contributed by atoms with E-state index in [1.54, 1.807) is 24.5 Å². The van der Waals surface area contributed by atoms with Crippen LogP contribution in [0.4, 0.5) is 0 Å². The molecule has 0 fully saturated rings. The normalized spacial score (nSPS) is 11.9. The van der Waals surface area contributed by atoms with E-state index in [9.17, 15) is 8.42 Å². The molecule has 0 aliphatic carbocycles. The summed E-state index contributed by atoms with van der Waals surface area (Å²) in [5, 5.41) is 6.42. The van der Waals surface area contributed by atoms with Gasteiger partial charge < -0.3 is 0 Å². The molecule has 0 bridgehead atoms. The van der Waals surface area contributed by atoms with Crippen molar-refractivity contribution in [3.05, 3.63) is 85.2 Å². The minimum absolute atomic E-state index is 0.273. The van der Waals surface area contributed by atoms with E-state index >= 15 is 0 Å². The summed E-state index contributed by atoms with van der Waals surface area (Å²) in [5.41, 5.74) is 5.54. The molecule has 8 nitrogen and oxygen atoms in total. The second-order valence-electron chi connectivity index (χ2n) is 13.7. The molecular formula is C43H55N3O5S2. The van der Waals surface area contributed by atoms with Crippen LogP contribution in [0.2, 0.25) is 0 Å². The van der Waals surface area contributed by atoms with E-state index in [-0.39, 0.29) is 4.90 Å². The Hall–Kier alpha value is -3.38. The molecule has 0 aliphatic heterocycles. The van der Waals surface area contributed by atoms with Crippen molar-refractivity contribution >= 4 is 43.9 Å². The molecule has 0 radical (unpaired) electrons. The lowest BCUT2D eigenvalue weighted by atomic mass is 9.96. The lowest BCUT2D eigenvalue weighted by molar-refractivity contribution is -0.447. The van der Waals surface area contributed by atoms with Crippen LogP contribution in [-0.4, -0.2) is 32.0 Å². The first-order valence-corrected chi connectivity index (χ1v) is 21.7. The van der Waals surface area contributed by atoms with Gasteiger partial charge in [0.1, 0.15) is 0 Å². The van der Waals surface area contributed by atoms with Crippen LogP contribution >= 0.6 is 12.0 Å². The Bertz CT molecular complexity index is 1940. The molecule has 0 amide bonds. The van der Waals surface area contributed by atoms with Crippen LogP contribution in [0.3, 0.4) is 0 Å². The number of rotatable bonds is 25. The molecule has 1 N–H and O–H groups in total. The number of aromatic nitrogens is 2. The Morgan fingerprint density at radius 3 is 1.51 bits per heavy atom. The van der Waals surface area contributed by atoms with Crippen LogP contribution in [0.1, 0.15) is 110 Å². The molecule has 10 heteroatoms. The van der Waals surface area contributed by atoms with Gasteiger partial charge in [0, 0.05) is 34.6 Å². The highest BCUT2D eigenvalue weighted by Gasteiger charge is 2.16. The van der Waals surface area contributed by atoms with Crippen molar-refractivity contribution in [1.82, 2.24) is 14.7 Å². The SMILES string of the molecule is CCCCCCCCCCCCCCCCCCNS(=O)(=O)c1ccc(-c2ccnc3c2ccc2c(-c4ccc(SOOOC)cc4)ccnc23)cc1. The van der Waals surface area contributed by atoms with E-state index in [4.69, 9.17) is 14.3 Å². The van der Waals surface area contributed by atoms with Crippen LogP contribution in [0.25, 0.3) is 44.1 Å². The van der Waals surface area contributed by atoms with Gasteiger partial charge in [-0.2, -0.15) is 0 Å². The highest BCUT2D eigenvalue weighted by molar-refractivity contribution is 7.94. The Morgan fingerprint density at radius 1 is 0.585 bits per heavy atom. The largest absolute Gasteiger partial charge is 0.254 e. The zero-order valence-electron chi connectivity index (χ0n) is 31.4. The zero-order valence-corrected chi connectivity index (χ0v) is 33.0. The van der Waals surface area contributed by atoms with E-state index in [0.717, 1.165) is 80.3 Å². The van der Waals surface area contributed by atoms with Crippen molar-refractivity contribution in [2.45, 2.75) is 119 Å². The zero-order chi connectivity index (χ0) is 37.1. The molecule has 0 unspecified atom stereocenters. The van der Waals surface area contributed by atoms with Crippen LogP contribution in [0.15, 0.2) is 95.0 Å². The van der Waals surface area contributed by atoms with Gasteiger partial charge in [-0.25, -0.2) is 18.0 Å². The number of nitrogens with one attached hydrogen (secondary N) is 1. The summed E-state index contributed by atoms with van der Waals surface area (Å²) in [6.07, 6.45) is 24.3. The maximum Gasteiger partial charge on any atom is 0.240 e. The van der Waals surface area contributed by atoms with Crippen molar-refractivity contribution in [3.8, 4) is 22.3 Å². The molecule has 2 aromatic heterocycles. The molecule has 53 heavy (non-hydrogen) atoms. The van der Waals surface area contributed by atoms with Crippen molar-refractivity contribution in [1.29, 1.82) is 0 Å². The minimum atomic E-state index is -3.58. The summed E-state index contributed by atoms with van der Waals surface area (Å²) in [6, 6.07) is 23.1. The Morgan fingerprint density at radius 2 is 1.04 bits per heavy atom. The van der Waals surface area contributed by atoms with Crippen LogP contribution in [0.5, 0.6) is 0 Å². The lowest BCUT2D eigenvalue weighted by Crippen LogP contribution is -2.24. The number of hydrogen-bond donors (Lipinski definition) is 1. The number of pyridine rings is 2. The van der Waals surface area contributed by atoms with Crippen molar-refractivity contribution in [3.63, 3.8) is 0 Å². The van der Waals surface area contributed by atoms with Gasteiger partial charge in [-0.15, -0.1) is 4.33 Å². The van der Waals surface area contributed by atoms with E-state index in [0.29, 0.717) is 6.54 Å². The van der Waals surface area contributed by atoms with Gasteiger partial charge in [-0.1, -0.05) is 145 Å². The second-order valence-corrected chi connectivity index (χ2v) is 16.3. The molecule has 5 aromatic rings. The Labute approximate surface area is 320 Å². The third-order valence-electron chi connectivity index (χ3n) is 9.81. The molecule has 284 valence electrons. The number of sulfonamides is 1. The Balaban J connectivity index is 1.08. The number of hydrogen-bond acceptors (Lipinski definition) is 8. The quantitative estimate of drug-likeness (QED) is 0.0206. The summed E-state index contributed by atoms with van der Waals surface area (Å²) in [5.74, 6) is 0. The summed E-state index contributed by atoms with van der Waals surface area (Å²) < 4.78 is 33.9. The predicted molar refractivity (Wildman–Crippen MR) is 218 cm³/mol. The molecule has 3 aromatic carbocycles. The fourth-order valence-electron chi connectivity index (χ4n) is 6.88. The third-order valence-corrected chi connectivity index (χ3v) is 11.9. The van der Waals surface area contributed by atoms with Crippen LogP contribution in [0, 0.1) is 0 Å². The number of benzene rings is 3. The molecule has 0 saturated carbocycles. The maximum atomic E-state index is 13.1. The summed E-state index contributed by atoms with van der Waals surface area (Å²) in [4.78, 5) is 15.0. The fourth-order valence-corrected chi connectivity index (χ4v) is 8.36. The van der Waals surface area contributed by atoms with Gasteiger partial charge in [-0.3, -0.25) is 9.97 Å². The van der Waals surface area contributed by atoms with E-state index < -0.39 is 10.0 Å². The molecule has 0 atom stereocenters. The third kappa shape index (κ3) is 12.3. The molecular weight excluding hydrogens is 703 g/mol. The predicted octanol–water partition coefficient (Wildman–Crippen LogP) is 12.2. The average Bonchev–Trinajstić information content (AvgIpc) is 3.19. The van der Waals surface area contributed by atoms with Crippen LogP contribution in [-0.2, 0) is 24.3 Å². The number of fused-ring (bicyclic) bond motifs is 3. The summed E-state index contributed by atoms with van der Waals surface area (Å²) in [7, 11) is -2.21. The smallest absolute Gasteiger partial charge is 0.240 e. The molecule has 0 saturated heterocycles. The van der Waals surface area contributed by atoms with Gasteiger partial charge in [0.25, 0.3) is 0 Å². The van der Waals surface area contributed by atoms with Gasteiger partial charge in [-0.05, 0) is 65.1 Å². The topological polar surface area (TPSA) is 99.6 Å². The van der Waals surface area contributed by atoms with E-state index in [1.165, 1.54) is 90.6 Å². The van der Waals surface area contributed by atoms with Gasteiger partial charge in [0.15, 0.2) is 0 Å². The summed E-state index contributed by atoms with van der Waals surface area (Å²) >= 11 is 1.06. The van der Waals surface area contributed by atoms with Gasteiger partial charge in [0.2, 0.25) is 10.0 Å². The van der Waals surface area contributed by atoms with E-state index in [1.807, 2.05) is 48.5 Å². The van der Waals surface area contributed by atoms with Gasteiger partial charge >= 0.3 is 0 Å². The monoisotopic (exact) mass is 757 g/mol. The standard InChI is InChI=1S/C43H55N3O5S2/c1-3-4-5-6-7-8-9-10-11-12-13-14-15-16-17-18-31-46-53(47,48)37-25-21-35(22-26-37)39-30-33-45-43-41(39)28-27-40-38(29-32-44-42(40)43)34-19-23-36(24-20-34)52-51-50-49-2/h19-30,32-33,46H,3-18,31H2,1-2H3. The minimum Gasteiger partial charge on any atom is -0.254 e. The average molecular weight is 758 g/mol. The first kappa shape index (κ1) is 40.8. The maximum absolute atomic E-state index is 13.1. The molecule has 0 spiro atoms. The Kier molecular flexibility index (Phi) is 17.0. The van der Waals surface area contributed by atoms with Gasteiger partial charge in [0.05, 0.1) is 35.1 Å². The molecule has 5 rings (SSSR count). The number of unbranched alkanes of at least 4 members (excludes halogenated alkanes) is 15. The lowest BCUT2D eigenvalue weighted by Gasteiger charge is -2.12. The fraction of sp³-hybridized carbons (Fsp3) is 0.442. The summed E-state index contributed by atoms with van der Waals surface area (Å²) in [6.45, 7) is 2.73. The second kappa shape index (κ2) is 22.1. The number of nitrogens with zero attached hydrogens (tertiary/aromatic N) is 2. The molecule has 2 heterocycles. The highest BCUT2D eigenvalue weighted by Crippen LogP contribution is 2.36. The van der Waals surface area contributed by atoms with E-state index in [2.05, 4.69) is 33.7 Å². The van der Waals surface area contributed by atoms with Crippen LogP contribution < -0.4 is 4.72 Å². The first-order valence-electron chi connectivity index (χ1n) is 19.4. The first-order chi connectivity index (χ1) is 26.0. The van der Waals surface area contributed by atoms with Crippen molar-refractivity contribution in [2.75, 3.05) is 13.7 Å².